The highest BCUT2D eigenvalue weighted by atomic mass is 32.2. The number of likely N-dealkylation sites (tertiary alicyclic amines) is 1. The van der Waals surface area contributed by atoms with E-state index < -0.39 is 10.8 Å². The van der Waals surface area contributed by atoms with Crippen LogP contribution in [0.25, 0.3) is 17.4 Å². The van der Waals surface area contributed by atoms with E-state index in [1.54, 1.807) is 18.2 Å². The number of carbonyl (C=O) groups excluding carboxylic acids is 1. The van der Waals surface area contributed by atoms with Crippen molar-refractivity contribution in [2.24, 2.45) is 16.0 Å². The van der Waals surface area contributed by atoms with Crippen molar-refractivity contribution in [3.8, 4) is 17.1 Å². The van der Waals surface area contributed by atoms with Crippen molar-refractivity contribution in [3.63, 3.8) is 0 Å². The van der Waals surface area contributed by atoms with Gasteiger partial charge < -0.3 is 14.1 Å². The molecule has 4 heterocycles. The number of amidine groups is 3. The predicted octanol–water partition coefficient (Wildman–Crippen LogP) is 4.17. The molecule has 1 saturated heterocycles. The predicted molar refractivity (Wildman–Crippen MR) is 132 cm³/mol. The van der Waals surface area contributed by atoms with Gasteiger partial charge in [0.05, 0.1) is 29.2 Å². The van der Waals surface area contributed by atoms with Gasteiger partial charge in [-0.15, -0.1) is 5.10 Å². The highest BCUT2D eigenvalue weighted by molar-refractivity contribution is 8.26. The summed E-state index contributed by atoms with van der Waals surface area (Å²) in [6.45, 7) is 3.99. The number of ether oxygens (including phenoxy) is 1. The van der Waals surface area contributed by atoms with E-state index in [1.165, 1.54) is 42.1 Å². The molecule has 0 aliphatic carbocycles. The van der Waals surface area contributed by atoms with Gasteiger partial charge in [-0.25, -0.2) is 0 Å². The quantitative estimate of drug-likeness (QED) is 0.380. The summed E-state index contributed by atoms with van der Waals surface area (Å²) in [7, 11) is 1.43. The average Bonchev–Trinajstić information content (AvgIpc) is 3.49. The zero-order chi connectivity index (χ0) is 24.7. The molecule has 0 bridgehead atoms. The molecule has 0 unspecified atom stereocenters. The summed E-state index contributed by atoms with van der Waals surface area (Å²) in [6, 6.07) is 7.61. The Labute approximate surface area is 204 Å². The zero-order valence-corrected chi connectivity index (χ0v) is 19.9. The second-order valence-corrected chi connectivity index (χ2v) is 9.35. The maximum absolute atomic E-state index is 12.7. The molecule has 0 atom stereocenters. The number of carbonyl (C=O) groups is 1. The minimum atomic E-state index is -0.564. The molecule has 0 spiro atoms. The van der Waals surface area contributed by atoms with Gasteiger partial charge in [-0.05, 0) is 60.9 Å². The number of nitro benzene ring substituents is 1. The van der Waals surface area contributed by atoms with Crippen molar-refractivity contribution < 1.29 is 18.9 Å². The van der Waals surface area contributed by atoms with Gasteiger partial charge in [0.15, 0.2) is 11.0 Å². The third-order valence-electron chi connectivity index (χ3n) is 6.08. The number of furan rings is 1. The molecule has 2 aromatic rings. The Morgan fingerprint density at radius 3 is 2.74 bits per heavy atom. The number of piperidine rings is 1. The fourth-order valence-electron chi connectivity index (χ4n) is 4.02. The first-order chi connectivity index (χ1) is 16.8. The Morgan fingerprint density at radius 2 is 2.03 bits per heavy atom. The van der Waals surface area contributed by atoms with Crippen LogP contribution in [0.4, 0.5) is 5.69 Å². The molecule has 35 heavy (non-hydrogen) atoms. The Bertz CT molecular complexity index is 1320. The fraction of sp³-hybridized carbons (Fsp3) is 0.304. The van der Waals surface area contributed by atoms with Gasteiger partial charge in [0.2, 0.25) is 5.17 Å². The Morgan fingerprint density at radius 1 is 1.26 bits per heavy atom. The summed E-state index contributed by atoms with van der Waals surface area (Å²) in [5.74, 6) is 0.878. The highest BCUT2D eigenvalue weighted by Crippen LogP contribution is 2.35. The number of benzene rings is 1. The number of nitro groups is 1. The first-order valence-electron chi connectivity index (χ1n) is 11.0. The Kier molecular flexibility index (Phi) is 5.89. The van der Waals surface area contributed by atoms with Gasteiger partial charge in [0.1, 0.15) is 17.3 Å². The minimum absolute atomic E-state index is 0.0248. The SMILES string of the molecule is COc1ccc(-c2ccc(/C=C3/C(=N)N4N=C(N5CCC(C)CC5)SC4=NC3=O)o2)c([N+](=O)[O-])c1. The smallest absolute Gasteiger partial charge is 0.284 e. The lowest BCUT2D eigenvalue weighted by Gasteiger charge is -2.30. The lowest BCUT2D eigenvalue weighted by molar-refractivity contribution is -0.384. The molecule has 5 rings (SSSR count). The summed E-state index contributed by atoms with van der Waals surface area (Å²) < 4.78 is 10.9. The number of fused-ring (bicyclic) bond motifs is 1. The molecule has 3 aliphatic heterocycles. The number of thioether (sulfide) groups is 1. The van der Waals surface area contributed by atoms with E-state index in [9.17, 15) is 14.9 Å². The van der Waals surface area contributed by atoms with E-state index in [1.807, 2.05) is 0 Å². The Balaban J connectivity index is 1.41. The van der Waals surface area contributed by atoms with Crippen LogP contribution in [-0.4, -0.2) is 57.1 Å². The first-order valence-corrected chi connectivity index (χ1v) is 11.8. The zero-order valence-electron chi connectivity index (χ0n) is 19.1. The lowest BCUT2D eigenvalue weighted by Crippen LogP contribution is -2.36. The Hall–Kier alpha value is -3.93. The largest absolute Gasteiger partial charge is 0.497 e. The van der Waals surface area contributed by atoms with Crippen LogP contribution < -0.4 is 4.74 Å². The fourth-order valence-corrected chi connectivity index (χ4v) is 4.97. The van der Waals surface area contributed by atoms with Crippen LogP contribution >= 0.6 is 11.8 Å². The minimum Gasteiger partial charge on any atom is -0.497 e. The third kappa shape index (κ3) is 4.32. The van der Waals surface area contributed by atoms with E-state index in [4.69, 9.17) is 14.6 Å². The number of hydrogen-bond donors (Lipinski definition) is 1. The van der Waals surface area contributed by atoms with Crippen molar-refractivity contribution in [2.45, 2.75) is 19.8 Å². The number of aliphatic imine (C=N–C) groups is 1. The summed E-state index contributed by atoms with van der Waals surface area (Å²) in [5, 5.41) is 27.1. The molecular weight excluding hydrogens is 472 g/mol. The van der Waals surface area contributed by atoms with Gasteiger partial charge in [-0.1, -0.05) is 6.92 Å². The van der Waals surface area contributed by atoms with Gasteiger partial charge in [-0.3, -0.25) is 20.3 Å². The molecular formula is C23H22N6O5S. The number of hydrazone groups is 1. The number of amides is 1. The molecule has 0 saturated carbocycles. The van der Waals surface area contributed by atoms with Gasteiger partial charge in [-0.2, -0.15) is 10.0 Å². The van der Waals surface area contributed by atoms with Gasteiger partial charge in [0.25, 0.3) is 11.6 Å². The molecule has 1 aromatic carbocycles. The summed E-state index contributed by atoms with van der Waals surface area (Å²) in [4.78, 5) is 30.0. The van der Waals surface area contributed by atoms with Crippen LogP contribution in [-0.2, 0) is 4.79 Å². The van der Waals surface area contributed by atoms with Crippen molar-refractivity contribution in [1.82, 2.24) is 9.91 Å². The standard InChI is InChI=1S/C23H22N6O5S/c1-13-7-9-27(10-8-13)23-26-28-20(24)17(21(30)25-22(28)35-23)11-15-4-6-19(34-15)16-5-3-14(33-2)12-18(16)29(31)32/h3-6,11-13,24H,7-10H2,1-2H3/b17-11-,24-20?. The molecule has 1 aromatic heterocycles. The normalized spacial score (nSPS) is 19.7. The number of hydrogen-bond acceptors (Lipinski definition) is 9. The number of nitrogens with zero attached hydrogens (tertiary/aromatic N) is 5. The summed E-state index contributed by atoms with van der Waals surface area (Å²) in [6.07, 6.45) is 3.55. The second kappa shape index (κ2) is 9.02. The van der Waals surface area contributed by atoms with E-state index in [-0.39, 0.29) is 34.2 Å². The summed E-state index contributed by atoms with van der Waals surface area (Å²) >= 11 is 1.29. The van der Waals surface area contributed by atoms with Crippen molar-refractivity contribution in [3.05, 3.63) is 51.8 Å². The second-order valence-electron chi connectivity index (χ2n) is 8.41. The molecule has 1 amide bonds. The number of rotatable bonds is 4. The monoisotopic (exact) mass is 494 g/mol. The maximum atomic E-state index is 12.7. The van der Waals surface area contributed by atoms with Crippen LogP contribution in [0.1, 0.15) is 25.5 Å². The van der Waals surface area contributed by atoms with Crippen LogP contribution in [0.5, 0.6) is 5.75 Å². The molecule has 3 aliphatic rings. The van der Waals surface area contributed by atoms with E-state index in [0.717, 1.165) is 31.1 Å². The van der Waals surface area contributed by atoms with Crippen LogP contribution in [0.15, 0.2) is 50.4 Å². The van der Waals surface area contributed by atoms with E-state index >= 15 is 0 Å². The molecule has 11 nitrogen and oxygen atoms in total. The topological polar surface area (TPSA) is 138 Å². The van der Waals surface area contributed by atoms with Crippen LogP contribution in [0, 0.1) is 21.4 Å². The highest BCUT2D eigenvalue weighted by Gasteiger charge is 2.38. The van der Waals surface area contributed by atoms with Crippen molar-refractivity contribution in [1.29, 1.82) is 5.41 Å². The van der Waals surface area contributed by atoms with Crippen LogP contribution in [0.3, 0.4) is 0 Å². The lowest BCUT2D eigenvalue weighted by atomic mass is 10.00. The van der Waals surface area contributed by atoms with Crippen molar-refractivity contribution in [2.75, 3.05) is 20.2 Å². The first kappa shape index (κ1) is 22.8. The number of methoxy groups -OCH3 is 1. The maximum Gasteiger partial charge on any atom is 0.284 e. The average molecular weight is 495 g/mol. The summed E-state index contributed by atoms with van der Waals surface area (Å²) in [5.41, 5.74) is 0.125. The van der Waals surface area contributed by atoms with E-state index in [0.29, 0.717) is 16.8 Å². The molecule has 1 fully saturated rings. The van der Waals surface area contributed by atoms with E-state index in [2.05, 4.69) is 21.9 Å². The number of nitrogens with one attached hydrogen (secondary N) is 1. The molecule has 12 heteroatoms. The molecule has 0 radical (unpaired) electrons. The van der Waals surface area contributed by atoms with Crippen LogP contribution in [0.2, 0.25) is 0 Å². The van der Waals surface area contributed by atoms with Gasteiger partial charge >= 0.3 is 0 Å². The molecule has 1 N–H and O–H groups in total. The third-order valence-corrected chi connectivity index (χ3v) is 7.05. The van der Waals surface area contributed by atoms with Crippen molar-refractivity contribution >= 4 is 45.6 Å². The van der Waals surface area contributed by atoms with Gasteiger partial charge in [0, 0.05) is 13.1 Å². The molecule has 180 valence electrons.